The molecule has 0 aromatic heterocycles. The van der Waals surface area contributed by atoms with E-state index in [-0.39, 0.29) is 41.3 Å². The van der Waals surface area contributed by atoms with Crippen LogP contribution >= 0.6 is 0 Å². The van der Waals surface area contributed by atoms with Gasteiger partial charge in [-0.05, 0) is 31.2 Å². The van der Waals surface area contributed by atoms with Gasteiger partial charge in [-0.3, -0.25) is 0 Å². The fourth-order valence-corrected chi connectivity index (χ4v) is 0.812. The number of aromatic hydroxyl groups is 1. The maximum atomic E-state index is 11.1. The van der Waals surface area contributed by atoms with Crippen molar-refractivity contribution in [3.8, 4) is 5.75 Å². The quantitative estimate of drug-likeness (QED) is 0.458. The van der Waals surface area contributed by atoms with Crippen molar-refractivity contribution < 1.29 is 44.2 Å². The Labute approximate surface area is 99.0 Å². The third-order valence-corrected chi connectivity index (χ3v) is 1.38. The Balaban J connectivity index is 0.00000144. The van der Waals surface area contributed by atoms with Crippen molar-refractivity contribution in [2.24, 2.45) is 0 Å². The van der Waals surface area contributed by atoms with E-state index < -0.39 is 0 Å². The van der Waals surface area contributed by atoms with Gasteiger partial charge in [-0.1, -0.05) is 0 Å². The summed E-state index contributed by atoms with van der Waals surface area (Å²) in [6.45, 7) is 2.11. The van der Waals surface area contributed by atoms with Crippen molar-refractivity contribution >= 4 is 5.97 Å². The van der Waals surface area contributed by atoms with Gasteiger partial charge in [-0.25, -0.2) is 4.79 Å². The van der Waals surface area contributed by atoms with E-state index in [0.29, 0.717) is 12.2 Å². The van der Waals surface area contributed by atoms with Crippen LogP contribution in [0.3, 0.4) is 0 Å². The minimum Gasteiger partial charge on any atom is -0.508 e. The van der Waals surface area contributed by atoms with Crippen LogP contribution in [0.15, 0.2) is 24.3 Å². The van der Waals surface area contributed by atoms with E-state index in [2.05, 4.69) is 0 Å². The van der Waals surface area contributed by atoms with Gasteiger partial charge < -0.3 is 9.84 Å². The van der Waals surface area contributed by atoms with Crippen LogP contribution in [-0.4, -0.2) is 17.7 Å². The number of carbonyl (C=O) groups excluding carboxylic acids is 1. The van der Waals surface area contributed by atoms with Crippen LogP contribution in [0.25, 0.3) is 0 Å². The molecule has 1 aromatic rings. The number of esters is 1. The fourth-order valence-electron chi connectivity index (χ4n) is 0.812. The van der Waals surface area contributed by atoms with Crippen LogP contribution in [0.2, 0.25) is 0 Å². The molecule has 4 heteroatoms. The monoisotopic (exact) mass is 189 g/mol. The van der Waals surface area contributed by atoms with Crippen LogP contribution < -0.4 is 29.6 Å². The fraction of sp³-hybridized carbons (Fsp3) is 0.222. The smallest absolute Gasteiger partial charge is 0.508 e. The van der Waals surface area contributed by atoms with Crippen LogP contribution in [0, 0.1) is 0 Å². The van der Waals surface area contributed by atoms with Gasteiger partial charge in [0.2, 0.25) is 0 Å². The van der Waals surface area contributed by atoms with E-state index in [9.17, 15) is 4.79 Å². The summed E-state index contributed by atoms with van der Waals surface area (Å²) in [7, 11) is 0. The van der Waals surface area contributed by atoms with Crippen molar-refractivity contribution in [3.63, 3.8) is 0 Å². The summed E-state index contributed by atoms with van der Waals surface area (Å²) in [5.74, 6) is -0.222. The normalized spacial score (nSPS) is 8.69. The predicted octanol–water partition coefficient (Wildman–Crippen LogP) is -1.43. The van der Waals surface area contributed by atoms with Gasteiger partial charge in [0, 0.05) is 0 Å². The van der Waals surface area contributed by atoms with Crippen molar-refractivity contribution in [2.45, 2.75) is 6.92 Å². The second-order valence-corrected chi connectivity index (χ2v) is 2.27. The molecule has 0 radical (unpaired) electrons. The average Bonchev–Trinajstić information content (AvgIpc) is 2.06. The van der Waals surface area contributed by atoms with Crippen molar-refractivity contribution in [1.29, 1.82) is 0 Å². The van der Waals surface area contributed by atoms with E-state index in [0.717, 1.165) is 0 Å². The van der Waals surface area contributed by atoms with Gasteiger partial charge in [0.1, 0.15) is 5.75 Å². The molecular weight excluding hydrogens is 179 g/mol. The van der Waals surface area contributed by atoms with Crippen LogP contribution in [0.4, 0.5) is 0 Å². The zero-order valence-corrected chi connectivity index (χ0v) is 9.78. The average molecular weight is 189 g/mol. The molecule has 0 atom stereocenters. The Morgan fingerprint density at radius 3 is 2.38 bits per heavy atom. The molecule has 1 N–H and O–H groups in total. The second-order valence-electron chi connectivity index (χ2n) is 2.27. The first-order valence-electron chi connectivity index (χ1n) is 3.70. The van der Waals surface area contributed by atoms with Crippen molar-refractivity contribution in [3.05, 3.63) is 29.8 Å². The first-order chi connectivity index (χ1) is 5.74. The topological polar surface area (TPSA) is 46.5 Å². The number of carbonyl (C=O) groups is 1. The molecular formula is C9H10NaO3+. The Morgan fingerprint density at radius 1 is 1.38 bits per heavy atom. The predicted molar refractivity (Wildman–Crippen MR) is 44.1 cm³/mol. The number of benzene rings is 1. The van der Waals surface area contributed by atoms with Gasteiger partial charge in [0.05, 0.1) is 12.2 Å². The zero-order chi connectivity index (χ0) is 8.97. The number of hydrogen-bond acceptors (Lipinski definition) is 3. The van der Waals surface area contributed by atoms with E-state index >= 15 is 0 Å². The Kier molecular flexibility index (Phi) is 5.79. The minimum atomic E-state index is -0.363. The van der Waals surface area contributed by atoms with Gasteiger partial charge in [0.15, 0.2) is 0 Å². The van der Waals surface area contributed by atoms with E-state index in [4.69, 9.17) is 9.84 Å². The van der Waals surface area contributed by atoms with Gasteiger partial charge in [-0.2, -0.15) is 0 Å². The first kappa shape index (κ1) is 12.5. The molecule has 0 spiro atoms. The molecule has 0 saturated carbocycles. The molecule has 1 aromatic carbocycles. The SMILES string of the molecule is CCOC(=O)c1ccc(O)cc1.[Na+]. The maximum absolute atomic E-state index is 11.1. The number of phenolic OH excluding ortho intramolecular Hbond substituents is 1. The summed E-state index contributed by atoms with van der Waals surface area (Å²) >= 11 is 0. The molecule has 0 aliphatic rings. The Hall–Kier alpha value is -0.510. The van der Waals surface area contributed by atoms with Crippen LogP contribution in [0.5, 0.6) is 5.75 Å². The van der Waals surface area contributed by atoms with E-state index in [1.807, 2.05) is 0 Å². The van der Waals surface area contributed by atoms with Gasteiger partial charge >= 0.3 is 35.5 Å². The van der Waals surface area contributed by atoms with E-state index in [1.54, 1.807) is 6.92 Å². The van der Waals surface area contributed by atoms with Crippen molar-refractivity contribution in [2.75, 3.05) is 6.61 Å². The third-order valence-electron chi connectivity index (χ3n) is 1.38. The molecule has 0 fully saturated rings. The largest absolute Gasteiger partial charge is 1.00 e. The molecule has 0 aliphatic heterocycles. The summed E-state index contributed by atoms with van der Waals surface area (Å²) in [6.07, 6.45) is 0. The number of phenols is 1. The third kappa shape index (κ3) is 3.81. The van der Waals surface area contributed by atoms with Crippen LogP contribution in [-0.2, 0) is 4.74 Å². The Bertz CT molecular complexity index is 269. The summed E-state index contributed by atoms with van der Waals surface area (Å²) in [5, 5.41) is 8.92. The van der Waals surface area contributed by atoms with Crippen molar-refractivity contribution in [1.82, 2.24) is 0 Å². The molecule has 0 unspecified atom stereocenters. The molecule has 1 rings (SSSR count). The number of rotatable bonds is 2. The number of hydrogen-bond donors (Lipinski definition) is 1. The molecule has 13 heavy (non-hydrogen) atoms. The molecule has 0 saturated heterocycles. The molecule has 0 amide bonds. The molecule has 0 heterocycles. The minimum absolute atomic E-state index is 0. The summed E-state index contributed by atoms with van der Waals surface area (Å²) in [4.78, 5) is 11.1. The molecule has 0 aliphatic carbocycles. The van der Waals surface area contributed by atoms with Gasteiger partial charge in [0.25, 0.3) is 0 Å². The molecule has 64 valence electrons. The van der Waals surface area contributed by atoms with Gasteiger partial charge in [-0.15, -0.1) is 0 Å². The zero-order valence-electron chi connectivity index (χ0n) is 7.78. The summed E-state index contributed by atoms with van der Waals surface area (Å²) in [6, 6.07) is 5.94. The second kappa shape index (κ2) is 6.02. The summed E-state index contributed by atoms with van der Waals surface area (Å²) < 4.78 is 4.75. The van der Waals surface area contributed by atoms with Crippen LogP contribution in [0.1, 0.15) is 17.3 Å². The summed E-state index contributed by atoms with van der Waals surface area (Å²) in [5.41, 5.74) is 0.453. The first-order valence-corrected chi connectivity index (χ1v) is 3.70. The molecule has 0 bridgehead atoms. The Morgan fingerprint density at radius 2 is 1.92 bits per heavy atom. The maximum Gasteiger partial charge on any atom is 1.00 e. The standard InChI is InChI=1S/C9H10O3.Na/c1-2-12-9(11)7-3-5-8(10)6-4-7;/h3-6,10H,2H2,1H3;/q;+1. The molecule has 3 nitrogen and oxygen atoms in total. The van der Waals surface area contributed by atoms with E-state index in [1.165, 1.54) is 24.3 Å². The number of ether oxygens (including phenoxy) is 1.